The fraction of sp³-hybridized carbons (Fsp3) is 0.353. The van der Waals surface area contributed by atoms with E-state index in [1.807, 2.05) is 12.1 Å². The summed E-state index contributed by atoms with van der Waals surface area (Å²) in [7, 11) is -2.07. The van der Waals surface area contributed by atoms with Crippen molar-refractivity contribution in [3.05, 3.63) is 52.1 Å². The fourth-order valence-corrected chi connectivity index (χ4v) is 4.78. The van der Waals surface area contributed by atoms with E-state index >= 15 is 0 Å². The second-order valence-electron chi connectivity index (χ2n) is 5.15. The molecule has 26 heavy (non-hydrogen) atoms. The molecular formula is C17H21Cl2N2O4P. The molecule has 1 heterocycles. The van der Waals surface area contributed by atoms with Crippen molar-refractivity contribution in [2.24, 2.45) is 0 Å². The Hall–Kier alpha value is -1.30. The van der Waals surface area contributed by atoms with Crippen LogP contribution in [0.25, 0.3) is 0 Å². The van der Waals surface area contributed by atoms with E-state index in [9.17, 15) is 4.57 Å². The number of ether oxygens (including phenoxy) is 1. The molecule has 1 aromatic heterocycles. The third-order valence-corrected chi connectivity index (χ3v) is 6.22. The zero-order valence-corrected chi connectivity index (χ0v) is 17.1. The normalized spacial score (nSPS) is 12.7. The number of benzene rings is 1. The van der Waals surface area contributed by atoms with Crippen LogP contribution >= 0.6 is 30.8 Å². The van der Waals surface area contributed by atoms with Gasteiger partial charge >= 0.3 is 7.60 Å². The number of rotatable bonds is 9. The van der Waals surface area contributed by atoms with Crippen molar-refractivity contribution in [3.8, 4) is 5.75 Å². The van der Waals surface area contributed by atoms with Gasteiger partial charge in [-0.05, 0) is 26.0 Å². The molecule has 0 spiro atoms. The minimum atomic E-state index is -3.61. The molecule has 0 amide bonds. The van der Waals surface area contributed by atoms with Crippen molar-refractivity contribution in [2.45, 2.75) is 19.6 Å². The monoisotopic (exact) mass is 418 g/mol. The molecule has 2 aromatic rings. The zero-order valence-electron chi connectivity index (χ0n) is 14.7. The van der Waals surface area contributed by atoms with Gasteiger partial charge in [0.1, 0.15) is 11.6 Å². The lowest BCUT2D eigenvalue weighted by molar-refractivity contribution is 0.213. The van der Waals surface area contributed by atoms with Crippen LogP contribution in [0.4, 0.5) is 5.82 Å². The topological polar surface area (TPSA) is 69.7 Å². The van der Waals surface area contributed by atoms with Crippen molar-refractivity contribution in [1.29, 1.82) is 0 Å². The van der Waals surface area contributed by atoms with Crippen LogP contribution in [0, 0.1) is 0 Å². The van der Waals surface area contributed by atoms with Crippen LogP contribution in [-0.2, 0) is 13.6 Å². The third-order valence-electron chi connectivity index (χ3n) is 3.45. The number of hydrogen-bond acceptors (Lipinski definition) is 6. The zero-order chi connectivity index (χ0) is 19.2. The molecule has 1 unspecified atom stereocenters. The number of pyridine rings is 1. The number of hydrogen-bond donors (Lipinski definition) is 1. The van der Waals surface area contributed by atoms with Crippen molar-refractivity contribution >= 4 is 36.6 Å². The molecule has 0 aliphatic heterocycles. The van der Waals surface area contributed by atoms with Gasteiger partial charge in [0.2, 0.25) is 0 Å². The van der Waals surface area contributed by atoms with Crippen LogP contribution in [0.1, 0.15) is 25.2 Å². The molecular weight excluding hydrogens is 398 g/mol. The van der Waals surface area contributed by atoms with E-state index in [2.05, 4.69) is 10.3 Å². The summed E-state index contributed by atoms with van der Waals surface area (Å²) < 4.78 is 30.0. The van der Waals surface area contributed by atoms with Crippen LogP contribution in [0.3, 0.4) is 0 Å². The number of nitrogens with one attached hydrogen (secondary N) is 1. The number of para-hydroxylation sites is 1. The van der Waals surface area contributed by atoms with E-state index in [1.165, 1.54) is 13.3 Å². The molecule has 2 rings (SSSR count). The summed E-state index contributed by atoms with van der Waals surface area (Å²) in [5.74, 6) is -0.0222. The van der Waals surface area contributed by atoms with Crippen LogP contribution < -0.4 is 10.1 Å². The van der Waals surface area contributed by atoms with E-state index in [0.717, 1.165) is 0 Å². The molecule has 0 aliphatic rings. The second-order valence-corrected chi connectivity index (χ2v) is 8.10. The Balaban J connectivity index is 2.55. The maximum Gasteiger partial charge on any atom is 0.357 e. The predicted octanol–water partition coefficient (Wildman–Crippen LogP) is 5.77. The standard InChI is InChI=1S/C17H21Cl2N2O4P/c1-4-24-26(22,25-5-2)17(13-8-6-7-9-15(13)23-3)21-16-14(19)10-12(18)11-20-16/h6-11,17H,4-5H2,1-3H3,(H,20,21). The highest BCUT2D eigenvalue weighted by atomic mass is 35.5. The molecule has 142 valence electrons. The van der Waals surface area contributed by atoms with E-state index in [1.54, 1.807) is 32.0 Å². The Bertz CT molecular complexity index is 781. The number of anilines is 1. The van der Waals surface area contributed by atoms with E-state index in [-0.39, 0.29) is 18.2 Å². The van der Waals surface area contributed by atoms with Crippen molar-refractivity contribution in [1.82, 2.24) is 4.98 Å². The van der Waals surface area contributed by atoms with Crippen LogP contribution in [0.15, 0.2) is 36.5 Å². The van der Waals surface area contributed by atoms with E-state index in [4.69, 9.17) is 37.0 Å². The lowest BCUT2D eigenvalue weighted by Crippen LogP contribution is -2.17. The molecule has 0 aliphatic carbocycles. The average molecular weight is 419 g/mol. The SMILES string of the molecule is CCOP(=O)(OCC)C(Nc1ncc(Cl)cc1Cl)c1ccccc1OC. The number of aromatic nitrogens is 1. The van der Waals surface area contributed by atoms with Gasteiger partial charge in [-0.15, -0.1) is 0 Å². The minimum absolute atomic E-state index is 0.215. The lowest BCUT2D eigenvalue weighted by Gasteiger charge is -2.29. The van der Waals surface area contributed by atoms with Crippen LogP contribution in [0.2, 0.25) is 10.0 Å². The molecule has 0 fully saturated rings. The van der Waals surface area contributed by atoms with Crippen molar-refractivity contribution in [2.75, 3.05) is 25.6 Å². The average Bonchev–Trinajstić information content (AvgIpc) is 2.61. The molecule has 0 radical (unpaired) electrons. The lowest BCUT2D eigenvalue weighted by atomic mass is 10.2. The summed E-state index contributed by atoms with van der Waals surface area (Å²) in [6.45, 7) is 3.93. The van der Waals surface area contributed by atoms with Gasteiger partial charge in [0, 0.05) is 11.8 Å². The maximum atomic E-state index is 13.5. The highest BCUT2D eigenvalue weighted by Crippen LogP contribution is 2.62. The summed E-state index contributed by atoms with van der Waals surface area (Å²) in [4.78, 5) is 4.18. The molecule has 6 nitrogen and oxygen atoms in total. The number of halogens is 2. The highest BCUT2D eigenvalue weighted by Gasteiger charge is 2.39. The Kier molecular flexibility index (Phi) is 7.74. The Morgan fingerprint density at radius 1 is 1.19 bits per heavy atom. The molecule has 1 N–H and O–H groups in total. The molecule has 9 heteroatoms. The second kappa shape index (κ2) is 9.58. The first-order valence-electron chi connectivity index (χ1n) is 8.04. The highest BCUT2D eigenvalue weighted by molar-refractivity contribution is 7.54. The molecule has 1 aromatic carbocycles. The van der Waals surface area contributed by atoms with E-state index in [0.29, 0.717) is 22.2 Å². The first kappa shape index (κ1) is 21.0. The van der Waals surface area contributed by atoms with Gasteiger partial charge in [0.05, 0.1) is 30.4 Å². The maximum absolute atomic E-state index is 13.5. The van der Waals surface area contributed by atoms with Crippen LogP contribution in [0.5, 0.6) is 5.75 Å². The van der Waals surface area contributed by atoms with Crippen molar-refractivity contribution < 1.29 is 18.3 Å². The van der Waals surface area contributed by atoms with Gasteiger partial charge in [0.15, 0.2) is 5.78 Å². The quantitative estimate of drug-likeness (QED) is 0.520. The summed E-state index contributed by atoms with van der Waals surface area (Å²) in [6.07, 6.45) is 1.45. The molecule has 1 atom stereocenters. The first-order chi connectivity index (χ1) is 12.4. The third kappa shape index (κ3) is 4.90. The minimum Gasteiger partial charge on any atom is -0.496 e. The Morgan fingerprint density at radius 2 is 1.85 bits per heavy atom. The van der Waals surface area contributed by atoms with Gasteiger partial charge in [0.25, 0.3) is 0 Å². The summed E-state index contributed by atoms with van der Waals surface area (Å²) in [5.41, 5.74) is 0.605. The van der Waals surface area contributed by atoms with Gasteiger partial charge in [-0.2, -0.15) is 0 Å². The fourth-order valence-electron chi connectivity index (χ4n) is 2.42. The molecule has 0 bridgehead atoms. The van der Waals surface area contributed by atoms with Gasteiger partial charge in [-0.3, -0.25) is 4.57 Å². The summed E-state index contributed by atoms with van der Waals surface area (Å²) >= 11 is 12.1. The first-order valence-corrected chi connectivity index (χ1v) is 10.4. The summed E-state index contributed by atoms with van der Waals surface area (Å²) in [5, 5.41) is 3.77. The largest absolute Gasteiger partial charge is 0.496 e. The smallest absolute Gasteiger partial charge is 0.357 e. The van der Waals surface area contributed by atoms with Gasteiger partial charge < -0.3 is 19.1 Å². The van der Waals surface area contributed by atoms with E-state index < -0.39 is 13.4 Å². The van der Waals surface area contributed by atoms with Crippen molar-refractivity contribution in [3.63, 3.8) is 0 Å². The van der Waals surface area contributed by atoms with Gasteiger partial charge in [-0.1, -0.05) is 41.4 Å². The Morgan fingerprint density at radius 3 is 2.42 bits per heavy atom. The Labute approximate surface area is 163 Å². The number of nitrogens with zero attached hydrogens (tertiary/aromatic N) is 1. The summed E-state index contributed by atoms with van der Waals surface area (Å²) in [6, 6.07) is 8.73. The number of methoxy groups -OCH3 is 1. The predicted molar refractivity (Wildman–Crippen MR) is 104 cm³/mol. The van der Waals surface area contributed by atoms with Gasteiger partial charge in [-0.25, -0.2) is 4.98 Å². The van der Waals surface area contributed by atoms with Crippen LogP contribution in [-0.4, -0.2) is 25.3 Å². The molecule has 0 saturated carbocycles. The molecule has 0 saturated heterocycles.